The molecule has 1 heterocycles. The summed E-state index contributed by atoms with van der Waals surface area (Å²) in [4.78, 5) is 14.9. The maximum atomic E-state index is 12.8. The zero-order valence-corrected chi connectivity index (χ0v) is 14.9. The van der Waals surface area contributed by atoms with Gasteiger partial charge in [0.05, 0.1) is 11.7 Å². The minimum absolute atomic E-state index is 0.197. The Morgan fingerprint density at radius 2 is 1.90 bits per heavy atom. The molecule has 20 heavy (non-hydrogen) atoms. The highest BCUT2D eigenvalue weighted by atomic mass is 32.2. The topological polar surface area (TPSA) is 32.3 Å². The first-order valence-corrected chi connectivity index (χ1v) is 9.28. The average Bonchev–Trinajstić information content (AvgIpc) is 2.70. The summed E-state index contributed by atoms with van der Waals surface area (Å²) in [6, 6.07) is 0. The Morgan fingerprint density at radius 3 is 2.30 bits per heavy atom. The van der Waals surface area contributed by atoms with Crippen LogP contribution in [0.2, 0.25) is 0 Å². The Kier molecular flexibility index (Phi) is 6.39. The molecule has 0 aromatic rings. The second-order valence-electron chi connectivity index (χ2n) is 6.16. The van der Waals surface area contributed by atoms with Crippen molar-refractivity contribution in [1.29, 1.82) is 0 Å². The van der Waals surface area contributed by atoms with Gasteiger partial charge in [0.25, 0.3) is 0 Å². The predicted molar refractivity (Wildman–Crippen MR) is 89.1 cm³/mol. The number of amides is 1. The molecule has 2 unspecified atom stereocenters. The molecule has 0 saturated carbocycles. The third kappa shape index (κ3) is 3.33. The van der Waals surface area contributed by atoms with Crippen LogP contribution >= 0.6 is 11.8 Å². The van der Waals surface area contributed by atoms with Crippen LogP contribution < -0.4 is 5.32 Å². The predicted octanol–water partition coefficient (Wildman–Crippen LogP) is 3.63. The SMILES string of the molecule is CCCC1NC(C)(CC)C(=O)N1CC(CC)(CC)SC. The highest BCUT2D eigenvalue weighted by Gasteiger charge is 2.48. The second-order valence-corrected chi connectivity index (χ2v) is 7.44. The van der Waals surface area contributed by atoms with Crippen LogP contribution in [-0.4, -0.2) is 40.1 Å². The van der Waals surface area contributed by atoms with E-state index in [9.17, 15) is 4.79 Å². The van der Waals surface area contributed by atoms with E-state index in [1.165, 1.54) is 0 Å². The first-order valence-electron chi connectivity index (χ1n) is 8.05. The lowest BCUT2D eigenvalue weighted by molar-refractivity contribution is -0.133. The third-order valence-corrected chi connectivity index (χ3v) is 6.62. The van der Waals surface area contributed by atoms with Gasteiger partial charge < -0.3 is 4.90 Å². The molecule has 0 radical (unpaired) electrons. The first-order chi connectivity index (χ1) is 9.41. The molecule has 0 spiro atoms. The van der Waals surface area contributed by atoms with Gasteiger partial charge in [0, 0.05) is 11.3 Å². The molecule has 118 valence electrons. The zero-order valence-electron chi connectivity index (χ0n) is 14.1. The molecule has 1 fully saturated rings. The largest absolute Gasteiger partial charge is 0.324 e. The van der Waals surface area contributed by atoms with E-state index in [1.807, 2.05) is 11.8 Å². The van der Waals surface area contributed by atoms with Crippen molar-refractivity contribution >= 4 is 17.7 Å². The molecule has 0 aromatic carbocycles. The Hall–Kier alpha value is -0.220. The van der Waals surface area contributed by atoms with Crippen molar-refractivity contribution < 1.29 is 4.79 Å². The lowest BCUT2D eigenvalue weighted by atomic mass is 9.97. The van der Waals surface area contributed by atoms with Crippen LogP contribution in [0.25, 0.3) is 0 Å². The maximum absolute atomic E-state index is 12.8. The van der Waals surface area contributed by atoms with E-state index in [4.69, 9.17) is 0 Å². The van der Waals surface area contributed by atoms with E-state index < -0.39 is 0 Å². The van der Waals surface area contributed by atoms with Crippen LogP contribution in [0.4, 0.5) is 0 Å². The Bertz CT molecular complexity index is 322. The minimum atomic E-state index is -0.370. The van der Waals surface area contributed by atoms with Gasteiger partial charge >= 0.3 is 0 Å². The summed E-state index contributed by atoms with van der Waals surface area (Å²) in [5.74, 6) is 0.291. The van der Waals surface area contributed by atoms with Gasteiger partial charge in [-0.1, -0.05) is 34.1 Å². The van der Waals surface area contributed by atoms with E-state index in [1.54, 1.807) is 0 Å². The number of nitrogens with zero attached hydrogens (tertiary/aromatic N) is 1. The number of nitrogens with one attached hydrogen (secondary N) is 1. The minimum Gasteiger partial charge on any atom is -0.324 e. The summed E-state index contributed by atoms with van der Waals surface area (Å²) in [5.41, 5.74) is -0.370. The standard InChI is InChI=1S/C16H32N2OS/c1-7-11-13-17-15(5,8-2)14(19)18(13)12-16(9-3,10-4)20-6/h13,17H,7-12H2,1-6H3. The molecule has 1 amide bonds. The first kappa shape index (κ1) is 17.8. The lowest BCUT2D eigenvalue weighted by Gasteiger charge is -2.36. The molecular formula is C16H32N2OS. The molecule has 4 heteroatoms. The van der Waals surface area contributed by atoms with Gasteiger partial charge in [0.1, 0.15) is 0 Å². The van der Waals surface area contributed by atoms with Crippen molar-refractivity contribution in [2.45, 2.75) is 83.2 Å². The van der Waals surface area contributed by atoms with Gasteiger partial charge in [-0.05, 0) is 38.9 Å². The van der Waals surface area contributed by atoms with E-state index in [0.29, 0.717) is 5.91 Å². The number of hydrogen-bond donors (Lipinski definition) is 1. The van der Waals surface area contributed by atoms with Crippen molar-refractivity contribution in [3.63, 3.8) is 0 Å². The summed E-state index contributed by atoms with van der Waals surface area (Å²) in [6.45, 7) is 11.7. The molecular weight excluding hydrogens is 268 g/mol. The van der Waals surface area contributed by atoms with Gasteiger partial charge in [-0.2, -0.15) is 11.8 Å². The molecule has 1 aliphatic heterocycles. The molecule has 2 atom stereocenters. The number of rotatable bonds is 8. The van der Waals surface area contributed by atoms with Crippen molar-refractivity contribution in [2.75, 3.05) is 12.8 Å². The van der Waals surface area contributed by atoms with E-state index in [2.05, 4.69) is 51.1 Å². The Morgan fingerprint density at radius 1 is 1.30 bits per heavy atom. The number of thioether (sulfide) groups is 1. The van der Waals surface area contributed by atoms with Crippen LogP contribution in [0.15, 0.2) is 0 Å². The Balaban J connectivity index is 2.97. The molecule has 0 aliphatic carbocycles. The van der Waals surface area contributed by atoms with Crippen LogP contribution in [0.5, 0.6) is 0 Å². The van der Waals surface area contributed by atoms with Crippen molar-refractivity contribution in [3.8, 4) is 0 Å². The van der Waals surface area contributed by atoms with Gasteiger partial charge in [-0.25, -0.2) is 0 Å². The van der Waals surface area contributed by atoms with E-state index >= 15 is 0 Å². The molecule has 1 rings (SSSR count). The average molecular weight is 301 g/mol. The van der Waals surface area contributed by atoms with Crippen molar-refractivity contribution in [1.82, 2.24) is 10.2 Å². The fraction of sp³-hybridized carbons (Fsp3) is 0.938. The normalized spacial score (nSPS) is 27.4. The Labute approximate surface area is 129 Å². The summed E-state index contributed by atoms with van der Waals surface area (Å²) in [5, 5.41) is 3.58. The van der Waals surface area contributed by atoms with Crippen LogP contribution in [0.3, 0.4) is 0 Å². The molecule has 0 aromatic heterocycles. The van der Waals surface area contributed by atoms with Gasteiger partial charge in [-0.15, -0.1) is 0 Å². The molecule has 1 N–H and O–H groups in total. The zero-order chi connectivity index (χ0) is 15.4. The van der Waals surface area contributed by atoms with Gasteiger partial charge in [-0.3, -0.25) is 10.1 Å². The third-order valence-electron chi connectivity index (χ3n) is 5.04. The van der Waals surface area contributed by atoms with E-state index in [0.717, 1.165) is 38.6 Å². The molecule has 3 nitrogen and oxygen atoms in total. The second kappa shape index (κ2) is 7.17. The van der Waals surface area contributed by atoms with Crippen LogP contribution in [-0.2, 0) is 4.79 Å². The summed E-state index contributed by atoms with van der Waals surface area (Å²) < 4.78 is 0.197. The van der Waals surface area contributed by atoms with Gasteiger partial charge in [0.2, 0.25) is 5.91 Å². The summed E-state index contributed by atoms with van der Waals surface area (Å²) in [7, 11) is 0. The van der Waals surface area contributed by atoms with Crippen molar-refractivity contribution in [2.24, 2.45) is 0 Å². The highest BCUT2D eigenvalue weighted by Crippen LogP contribution is 2.35. The lowest BCUT2D eigenvalue weighted by Crippen LogP contribution is -2.46. The van der Waals surface area contributed by atoms with Gasteiger partial charge in [0.15, 0.2) is 0 Å². The fourth-order valence-corrected chi connectivity index (χ4v) is 3.89. The van der Waals surface area contributed by atoms with E-state index in [-0.39, 0.29) is 16.5 Å². The number of carbonyl (C=O) groups excluding carboxylic acids is 1. The molecule has 0 bridgehead atoms. The summed E-state index contributed by atoms with van der Waals surface area (Å²) >= 11 is 1.91. The number of hydrogen-bond acceptors (Lipinski definition) is 3. The maximum Gasteiger partial charge on any atom is 0.243 e. The highest BCUT2D eigenvalue weighted by molar-refractivity contribution is 8.00. The monoisotopic (exact) mass is 300 g/mol. The molecule has 1 aliphatic rings. The van der Waals surface area contributed by atoms with Crippen LogP contribution in [0, 0.1) is 0 Å². The fourth-order valence-electron chi connectivity index (χ4n) is 3.04. The van der Waals surface area contributed by atoms with Crippen LogP contribution in [0.1, 0.15) is 66.7 Å². The molecule has 1 saturated heterocycles. The summed E-state index contributed by atoms with van der Waals surface area (Å²) in [6.07, 6.45) is 7.60. The quantitative estimate of drug-likeness (QED) is 0.743. The number of carbonyl (C=O) groups is 1. The van der Waals surface area contributed by atoms with Crippen molar-refractivity contribution in [3.05, 3.63) is 0 Å². The smallest absolute Gasteiger partial charge is 0.243 e.